The fraction of sp³-hybridized carbons (Fsp3) is 0.647. The Morgan fingerprint density at radius 2 is 2.14 bits per heavy atom. The molecule has 1 aromatic rings. The second-order valence-corrected chi connectivity index (χ2v) is 8.00. The Morgan fingerprint density at radius 3 is 2.67 bits per heavy atom. The van der Waals surface area contributed by atoms with Gasteiger partial charge in [-0.2, -0.15) is 0 Å². The van der Waals surface area contributed by atoms with Gasteiger partial charge in [-0.05, 0) is 58.2 Å². The molecule has 0 aromatic heterocycles. The molecule has 1 aromatic carbocycles. The zero-order valence-corrected chi connectivity index (χ0v) is 14.9. The molecule has 4 heteroatoms. The number of halogens is 2. The topological polar surface area (TPSA) is 21.3 Å². The van der Waals surface area contributed by atoms with Crippen LogP contribution in [0.25, 0.3) is 0 Å². The molecule has 1 aliphatic heterocycles. The van der Waals surface area contributed by atoms with E-state index in [4.69, 9.17) is 4.74 Å². The van der Waals surface area contributed by atoms with Crippen molar-refractivity contribution in [2.24, 2.45) is 5.41 Å². The number of hydrogen-bond donors (Lipinski definition) is 1. The molecule has 2 rings (SSSR count). The predicted molar refractivity (Wildman–Crippen MR) is 88.0 cm³/mol. The Balaban J connectivity index is 2.20. The molecule has 0 bridgehead atoms. The average molecular weight is 358 g/mol. The van der Waals surface area contributed by atoms with Crippen LogP contribution in [0.1, 0.15) is 39.7 Å². The average Bonchev–Trinajstić information content (AvgIpc) is 2.72. The summed E-state index contributed by atoms with van der Waals surface area (Å²) in [6.07, 6.45) is 2.11. The molecule has 1 heterocycles. The molecule has 1 N–H and O–H groups in total. The Kier molecular flexibility index (Phi) is 5.11. The van der Waals surface area contributed by atoms with Crippen molar-refractivity contribution in [3.8, 4) is 0 Å². The minimum atomic E-state index is -0.205. The highest BCUT2D eigenvalue weighted by Crippen LogP contribution is 2.39. The van der Waals surface area contributed by atoms with Gasteiger partial charge in [-0.15, -0.1) is 0 Å². The second-order valence-electron chi connectivity index (χ2n) is 7.14. The van der Waals surface area contributed by atoms with Crippen LogP contribution in [-0.4, -0.2) is 24.8 Å². The number of hydrogen-bond acceptors (Lipinski definition) is 2. The van der Waals surface area contributed by atoms with Gasteiger partial charge < -0.3 is 10.1 Å². The van der Waals surface area contributed by atoms with Gasteiger partial charge in [-0.25, -0.2) is 4.39 Å². The number of rotatable bonds is 4. The van der Waals surface area contributed by atoms with E-state index in [2.05, 4.69) is 48.9 Å². The molecule has 2 atom stereocenters. The van der Waals surface area contributed by atoms with E-state index in [-0.39, 0.29) is 22.9 Å². The predicted octanol–water partition coefficient (Wildman–Crippen LogP) is 4.31. The summed E-state index contributed by atoms with van der Waals surface area (Å²) >= 11 is 3.49. The molecule has 1 saturated heterocycles. The van der Waals surface area contributed by atoms with E-state index in [1.165, 1.54) is 6.07 Å². The Labute approximate surface area is 135 Å². The van der Waals surface area contributed by atoms with Crippen molar-refractivity contribution in [1.82, 2.24) is 5.32 Å². The van der Waals surface area contributed by atoms with Crippen molar-refractivity contribution in [3.63, 3.8) is 0 Å². The molecule has 0 radical (unpaired) electrons. The molecular formula is C17H25BrFNO. The summed E-state index contributed by atoms with van der Waals surface area (Å²) < 4.78 is 20.0. The van der Waals surface area contributed by atoms with Crippen molar-refractivity contribution < 1.29 is 9.13 Å². The summed E-state index contributed by atoms with van der Waals surface area (Å²) in [7, 11) is 0. The first kappa shape index (κ1) is 16.9. The van der Waals surface area contributed by atoms with E-state index in [0.29, 0.717) is 0 Å². The van der Waals surface area contributed by atoms with Crippen LogP contribution < -0.4 is 5.32 Å². The molecule has 0 aliphatic carbocycles. The van der Waals surface area contributed by atoms with Crippen LogP contribution in [0.4, 0.5) is 4.39 Å². The van der Waals surface area contributed by atoms with E-state index in [1.807, 2.05) is 6.07 Å². The van der Waals surface area contributed by atoms with Crippen LogP contribution >= 0.6 is 15.9 Å². The zero-order chi connectivity index (χ0) is 15.7. The summed E-state index contributed by atoms with van der Waals surface area (Å²) in [6.45, 7) is 10.4. The van der Waals surface area contributed by atoms with Gasteiger partial charge in [-0.1, -0.05) is 22.0 Å². The van der Waals surface area contributed by atoms with E-state index in [1.54, 1.807) is 6.07 Å². The van der Waals surface area contributed by atoms with Gasteiger partial charge in [0.2, 0.25) is 0 Å². The minimum Gasteiger partial charge on any atom is -0.378 e. The van der Waals surface area contributed by atoms with Crippen LogP contribution in [0.3, 0.4) is 0 Å². The maximum Gasteiger partial charge on any atom is 0.124 e. The van der Waals surface area contributed by atoms with Gasteiger partial charge in [0.1, 0.15) is 5.82 Å². The maximum absolute atomic E-state index is 13.3. The molecule has 0 saturated carbocycles. The standard InChI is InChI=1S/C17H25BrFNO/c1-12-17(7-8-21-12,11-20-16(2,3)4)10-13-5-6-14(19)9-15(13)18/h5-6,9,12,20H,7-8,10-11H2,1-4H3. The zero-order valence-electron chi connectivity index (χ0n) is 13.3. The molecule has 1 fully saturated rings. The summed E-state index contributed by atoms with van der Waals surface area (Å²) in [5, 5.41) is 3.62. The third-order valence-corrected chi connectivity index (χ3v) is 5.10. The van der Waals surface area contributed by atoms with Crippen molar-refractivity contribution in [3.05, 3.63) is 34.1 Å². The smallest absolute Gasteiger partial charge is 0.124 e. The fourth-order valence-electron chi connectivity index (χ4n) is 2.83. The molecule has 2 unspecified atom stereocenters. The monoisotopic (exact) mass is 357 g/mol. The fourth-order valence-corrected chi connectivity index (χ4v) is 3.32. The first-order chi connectivity index (χ1) is 9.72. The van der Waals surface area contributed by atoms with Gasteiger partial charge in [0, 0.05) is 28.6 Å². The highest BCUT2D eigenvalue weighted by molar-refractivity contribution is 9.10. The van der Waals surface area contributed by atoms with Crippen molar-refractivity contribution >= 4 is 15.9 Å². The Hall–Kier alpha value is -0.450. The third-order valence-electron chi connectivity index (χ3n) is 4.36. The third kappa shape index (κ3) is 4.27. The largest absolute Gasteiger partial charge is 0.378 e. The van der Waals surface area contributed by atoms with Gasteiger partial charge in [0.25, 0.3) is 0 Å². The van der Waals surface area contributed by atoms with Gasteiger partial charge in [0.05, 0.1) is 6.10 Å². The van der Waals surface area contributed by atoms with E-state index < -0.39 is 0 Å². The maximum atomic E-state index is 13.3. The molecule has 21 heavy (non-hydrogen) atoms. The SMILES string of the molecule is CC1OCCC1(CNC(C)(C)C)Cc1ccc(F)cc1Br. The lowest BCUT2D eigenvalue weighted by atomic mass is 9.75. The number of ether oxygens (including phenoxy) is 1. The molecule has 1 aliphatic rings. The van der Waals surface area contributed by atoms with Gasteiger partial charge >= 0.3 is 0 Å². The van der Waals surface area contributed by atoms with Crippen LogP contribution in [0.2, 0.25) is 0 Å². The summed E-state index contributed by atoms with van der Waals surface area (Å²) in [5.41, 5.74) is 1.28. The van der Waals surface area contributed by atoms with Gasteiger partial charge in [0.15, 0.2) is 0 Å². The van der Waals surface area contributed by atoms with E-state index in [0.717, 1.165) is 36.0 Å². The second kappa shape index (κ2) is 6.35. The highest BCUT2D eigenvalue weighted by Gasteiger charge is 2.42. The lowest BCUT2D eigenvalue weighted by molar-refractivity contribution is 0.0597. The van der Waals surface area contributed by atoms with E-state index >= 15 is 0 Å². The lowest BCUT2D eigenvalue weighted by Gasteiger charge is -2.36. The first-order valence-electron chi connectivity index (χ1n) is 7.52. The highest BCUT2D eigenvalue weighted by atomic mass is 79.9. The number of benzene rings is 1. The van der Waals surface area contributed by atoms with E-state index in [9.17, 15) is 4.39 Å². The Bertz CT molecular complexity index is 500. The minimum absolute atomic E-state index is 0.0631. The first-order valence-corrected chi connectivity index (χ1v) is 8.32. The summed E-state index contributed by atoms with van der Waals surface area (Å²) in [6, 6.07) is 4.95. The van der Waals surface area contributed by atoms with Crippen LogP contribution in [0, 0.1) is 11.2 Å². The molecule has 0 amide bonds. The van der Waals surface area contributed by atoms with Crippen LogP contribution in [-0.2, 0) is 11.2 Å². The Morgan fingerprint density at radius 1 is 1.43 bits per heavy atom. The molecule has 118 valence electrons. The van der Waals surface area contributed by atoms with Gasteiger partial charge in [-0.3, -0.25) is 0 Å². The van der Waals surface area contributed by atoms with Crippen LogP contribution in [0.5, 0.6) is 0 Å². The summed E-state index contributed by atoms with van der Waals surface area (Å²) in [5.74, 6) is -0.205. The van der Waals surface area contributed by atoms with Crippen LogP contribution in [0.15, 0.2) is 22.7 Å². The molecular weight excluding hydrogens is 333 g/mol. The molecule has 2 nitrogen and oxygen atoms in total. The normalized spacial score (nSPS) is 26.3. The summed E-state index contributed by atoms with van der Waals surface area (Å²) in [4.78, 5) is 0. The quantitative estimate of drug-likeness (QED) is 0.866. The van der Waals surface area contributed by atoms with Crippen molar-refractivity contribution in [2.45, 2.75) is 52.2 Å². The van der Waals surface area contributed by atoms with Crippen molar-refractivity contribution in [2.75, 3.05) is 13.2 Å². The molecule has 0 spiro atoms. The number of nitrogens with one attached hydrogen (secondary N) is 1. The van der Waals surface area contributed by atoms with Crippen molar-refractivity contribution in [1.29, 1.82) is 0 Å². The lowest BCUT2D eigenvalue weighted by Crippen LogP contribution is -2.47.